The summed E-state index contributed by atoms with van der Waals surface area (Å²) < 4.78 is 4.87. The maximum absolute atomic E-state index is 11.9. The molecule has 2 rings (SSSR count). The van der Waals surface area contributed by atoms with E-state index in [9.17, 15) is 9.59 Å². The molecular formula is C15H12N4O3S. The molecule has 0 aliphatic rings. The maximum Gasteiger partial charge on any atom is 0.359 e. The third kappa shape index (κ3) is 5.09. The second kappa shape index (κ2) is 8.51. The molecule has 23 heavy (non-hydrogen) atoms. The Labute approximate surface area is 136 Å². The summed E-state index contributed by atoms with van der Waals surface area (Å²) in [6, 6.07) is 9.10. The van der Waals surface area contributed by atoms with Crippen LogP contribution < -0.4 is 5.32 Å². The van der Waals surface area contributed by atoms with Crippen molar-refractivity contribution in [3.63, 3.8) is 0 Å². The van der Waals surface area contributed by atoms with Crippen molar-refractivity contribution in [2.24, 2.45) is 0 Å². The lowest BCUT2D eigenvalue weighted by atomic mass is 10.3. The second-order valence-corrected chi connectivity index (χ2v) is 5.18. The standard InChI is InChI=1S/C15H12N4O3S/c16-5-8-23-13-4-2-1-3-11(13)19-14(20)10-22-15(21)12-9-17-6-7-18-12/h1-4,6-7,9H,8,10H2,(H,19,20). The molecule has 7 nitrogen and oxygen atoms in total. The number of anilines is 1. The lowest BCUT2D eigenvalue weighted by Crippen LogP contribution is -2.21. The first-order chi connectivity index (χ1) is 11.2. The smallest absolute Gasteiger partial charge is 0.359 e. The van der Waals surface area contributed by atoms with Gasteiger partial charge in [0.25, 0.3) is 5.91 Å². The fraction of sp³-hybridized carbons (Fsp3) is 0.133. The van der Waals surface area contributed by atoms with Crippen molar-refractivity contribution < 1.29 is 14.3 Å². The van der Waals surface area contributed by atoms with Crippen LogP contribution in [0.1, 0.15) is 10.5 Å². The van der Waals surface area contributed by atoms with E-state index in [2.05, 4.69) is 15.3 Å². The van der Waals surface area contributed by atoms with Crippen molar-refractivity contribution in [3.8, 4) is 6.07 Å². The predicted molar refractivity (Wildman–Crippen MR) is 83.7 cm³/mol. The quantitative estimate of drug-likeness (QED) is 0.637. The number of rotatable bonds is 6. The van der Waals surface area contributed by atoms with Crippen LogP contribution in [0, 0.1) is 11.3 Å². The molecule has 116 valence electrons. The van der Waals surface area contributed by atoms with E-state index in [1.54, 1.807) is 18.2 Å². The van der Waals surface area contributed by atoms with Gasteiger partial charge in [-0.1, -0.05) is 12.1 Å². The van der Waals surface area contributed by atoms with Gasteiger partial charge in [-0.25, -0.2) is 9.78 Å². The van der Waals surface area contributed by atoms with Gasteiger partial charge < -0.3 is 10.1 Å². The SMILES string of the molecule is N#CCSc1ccccc1NC(=O)COC(=O)c1cnccn1. The van der Waals surface area contributed by atoms with Gasteiger partial charge in [0, 0.05) is 17.3 Å². The molecule has 1 aromatic carbocycles. The van der Waals surface area contributed by atoms with Crippen LogP contribution in [0.4, 0.5) is 5.69 Å². The van der Waals surface area contributed by atoms with Gasteiger partial charge >= 0.3 is 5.97 Å². The number of esters is 1. The Bertz CT molecular complexity index is 731. The fourth-order valence-electron chi connectivity index (χ4n) is 1.60. The Kier molecular flexibility index (Phi) is 6.08. The average molecular weight is 328 g/mol. The lowest BCUT2D eigenvalue weighted by Gasteiger charge is -2.09. The van der Waals surface area contributed by atoms with E-state index in [0.717, 1.165) is 4.90 Å². The van der Waals surface area contributed by atoms with Crippen LogP contribution in [0.25, 0.3) is 0 Å². The highest BCUT2D eigenvalue weighted by atomic mass is 32.2. The van der Waals surface area contributed by atoms with Crippen LogP contribution in [0.5, 0.6) is 0 Å². The minimum absolute atomic E-state index is 0.0327. The monoisotopic (exact) mass is 328 g/mol. The highest BCUT2D eigenvalue weighted by Crippen LogP contribution is 2.26. The summed E-state index contributed by atoms with van der Waals surface area (Å²) >= 11 is 1.31. The number of hydrogen-bond donors (Lipinski definition) is 1. The first-order valence-corrected chi connectivity index (χ1v) is 7.51. The predicted octanol–water partition coefficient (Wildman–Crippen LogP) is 1.89. The summed E-state index contributed by atoms with van der Waals surface area (Å²) in [6.07, 6.45) is 4.05. The first kappa shape index (κ1) is 16.5. The van der Waals surface area contributed by atoms with E-state index in [1.165, 1.54) is 30.4 Å². The van der Waals surface area contributed by atoms with Crippen LogP contribution in [0.15, 0.2) is 47.8 Å². The summed E-state index contributed by atoms with van der Waals surface area (Å²) in [5.74, 6) is -0.929. The molecule has 1 aromatic heterocycles. The Morgan fingerprint density at radius 2 is 2.13 bits per heavy atom. The molecule has 0 saturated heterocycles. The van der Waals surface area contributed by atoms with Gasteiger partial charge in [0.2, 0.25) is 0 Å². The molecule has 0 spiro atoms. The Hall–Kier alpha value is -2.92. The average Bonchev–Trinajstić information content (AvgIpc) is 2.59. The molecule has 0 saturated carbocycles. The van der Waals surface area contributed by atoms with Gasteiger partial charge in [-0.05, 0) is 12.1 Å². The van der Waals surface area contributed by atoms with E-state index in [-0.39, 0.29) is 11.4 Å². The minimum Gasteiger partial charge on any atom is -0.451 e. The zero-order valence-electron chi connectivity index (χ0n) is 11.9. The third-order valence-electron chi connectivity index (χ3n) is 2.56. The van der Waals surface area contributed by atoms with E-state index in [1.807, 2.05) is 12.1 Å². The molecule has 2 aromatic rings. The summed E-state index contributed by atoms with van der Waals surface area (Å²) in [4.78, 5) is 31.8. The van der Waals surface area contributed by atoms with Crippen molar-refractivity contribution in [2.45, 2.75) is 4.90 Å². The number of amides is 1. The number of carbonyl (C=O) groups is 2. The molecule has 1 N–H and O–H groups in total. The van der Waals surface area contributed by atoms with Crippen LogP contribution in [0.3, 0.4) is 0 Å². The molecule has 0 radical (unpaired) electrons. The van der Waals surface area contributed by atoms with Crippen molar-refractivity contribution in [1.29, 1.82) is 5.26 Å². The lowest BCUT2D eigenvalue weighted by molar-refractivity contribution is -0.119. The summed E-state index contributed by atoms with van der Waals surface area (Å²) in [5, 5.41) is 11.3. The number of carbonyl (C=O) groups excluding carboxylic acids is 2. The van der Waals surface area contributed by atoms with Crippen LogP contribution in [-0.2, 0) is 9.53 Å². The highest BCUT2D eigenvalue weighted by molar-refractivity contribution is 7.99. The van der Waals surface area contributed by atoms with Crippen LogP contribution >= 0.6 is 11.8 Å². The third-order valence-corrected chi connectivity index (χ3v) is 3.50. The Morgan fingerprint density at radius 3 is 2.87 bits per heavy atom. The van der Waals surface area contributed by atoms with E-state index in [0.29, 0.717) is 5.69 Å². The summed E-state index contributed by atoms with van der Waals surface area (Å²) in [5.41, 5.74) is 0.596. The molecular weight excluding hydrogens is 316 g/mol. The molecule has 8 heteroatoms. The highest BCUT2D eigenvalue weighted by Gasteiger charge is 2.12. The van der Waals surface area contributed by atoms with Gasteiger partial charge in [0.15, 0.2) is 12.3 Å². The maximum atomic E-state index is 11.9. The zero-order valence-corrected chi connectivity index (χ0v) is 12.7. The number of nitrogens with zero attached hydrogens (tertiary/aromatic N) is 3. The molecule has 1 heterocycles. The summed E-state index contributed by atoms with van der Waals surface area (Å²) in [6.45, 7) is -0.438. The topological polar surface area (TPSA) is 105 Å². The molecule has 0 atom stereocenters. The normalized spacial score (nSPS) is 9.70. The van der Waals surface area contributed by atoms with Gasteiger partial charge in [0.05, 0.1) is 23.7 Å². The van der Waals surface area contributed by atoms with Crippen LogP contribution in [0.2, 0.25) is 0 Å². The Balaban J connectivity index is 1.90. The largest absolute Gasteiger partial charge is 0.451 e. The number of para-hydroxylation sites is 1. The second-order valence-electron chi connectivity index (χ2n) is 4.16. The number of benzene rings is 1. The number of thioether (sulfide) groups is 1. The Morgan fingerprint density at radius 1 is 1.30 bits per heavy atom. The minimum atomic E-state index is -0.722. The van der Waals surface area contributed by atoms with Gasteiger partial charge in [-0.2, -0.15) is 5.26 Å². The van der Waals surface area contributed by atoms with Gasteiger partial charge in [-0.15, -0.1) is 11.8 Å². The van der Waals surface area contributed by atoms with Gasteiger partial charge in [0.1, 0.15) is 0 Å². The number of hydrogen-bond acceptors (Lipinski definition) is 7. The van der Waals surface area contributed by atoms with Crippen molar-refractivity contribution >= 4 is 29.3 Å². The number of aromatic nitrogens is 2. The van der Waals surface area contributed by atoms with Crippen molar-refractivity contribution in [2.75, 3.05) is 17.7 Å². The van der Waals surface area contributed by atoms with E-state index >= 15 is 0 Å². The number of nitrogens with one attached hydrogen (secondary N) is 1. The van der Waals surface area contributed by atoms with Gasteiger partial charge in [-0.3, -0.25) is 9.78 Å². The van der Waals surface area contributed by atoms with Crippen molar-refractivity contribution in [1.82, 2.24) is 9.97 Å². The van der Waals surface area contributed by atoms with Crippen LogP contribution in [-0.4, -0.2) is 34.2 Å². The summed E-state index contributed by atoms with van der Waals surface area (Å²) in [7, 11) is 0. The molecule has 0 unspecified atom stereocenters. The molecule has 1 amide bonds. The number of ether oxygens (including phenoxy) is 1. The van der Waals surface area contributed by atoms with E-state index in [4.69, 9.17) is 10.00 Å². The molecule has 0 aliphatic heterocycles. The number of nitriles is 1. The molecule has 0 fully saturated rings. The van der Waals surface area contributed by atoms with Crippen molar-refractivity contribution in [3.05, 3.63) is 48.5 Å². The van der Waals surface area contributed by atoms with E-state index < -0.39 is 18.5 Å². The molecule has 0 aliphatic carbocycles. The molecule has 0 bridgehead atoms. The first-order valence-electron chi connectivity index (χ1n) is 6.52. The fourth-order valence-corrected chi connectivity index (χ4v) is 2.27. The zero-order chi connectivity index (χ0) is 16.5.